The number of benzene rings is 6. The third-order valence-corrected chi connectivity index (χ3v) is 9.55. The van der Waals surface area contributed by atoms with Crippen LogP contribution in [0.4, 0.5) is 0 Å². The van der Waals surface area contributed by atoms with Gasteiger partial charge in [-0.3, -0.25) is 0 Å². The van der Waals surface area contributed by atoms with E-state index in [-0.39, 0.29) is 0 Å². The van der Waals surface area contributed by atoms with Gasteiger partial charge in [-0.15, -0.1) is 0 Å². The Kier molecular flexibility index (Phi) is 10.7. The molecule has 0 unspecified atom stereocenters. The summed E-state index contributed by atoms with van der Waals surface area (Å²) < 4.78 is 5.91. The van der Waals surface area contributed by atoms with Crippen molar-refractivity contribution < 1.29 is 4.74 Å². The molecular weight excluding hydrogens is 546 g/mol. The monoisotopic (exact) mass is 582 g/mol. The summed E-state index contributed by atoms with van der Waals surface area (Å²) >= 11 is 0. The van der Waals surface area contributed by atoms with Gasteiger partial charge in [0.15, 0.2) is 0 Å². The highest BCUT2D eigenvalue weighted by atomic mass is 31.1. The van der Waals surface area contributed by atoms with Gasteiger partial charge in [0.2, 0.25) is 0 Å². The lowest BCUT2D eigenvalue weighted by molar-refractivity contribution is 0.459. The molecule has 0 aromatic heterocycles. The molecule has 0 atom stereocenters. The van der Waals surface area contributed by atoms with Crippen LogP contribution in [0, 0.1) is 13.8 Å². The molecule has 208 valence electrons. The smallest absolute Gasteiger partial charge is 0.131 e. The molecule has 0 N–H and O–H groups in total. The Hall–Kier alpha value is -4.02. The van der Waals surface area contributed by atoms with E-state index in [1.54, 1.807) is 0 Å². The lowest BCUT2D eigenvalue weighted by Crippen LogP contribution is -2.05. The zero-order valence-corrected chi connectivity index (χ0v) is 26.1. The van der Waals surface area contributed by atoms with Crippen LogP contribution in [0.2, 0.25) is 0 Å². The molecule has 1 aliphatic heterocycles. The minimum atomic E-state index is 0.777. The SMILES string of the molecule is Cc1ccc2c(c1C)Cc1ccccc1O2.c1ccc(Pc2ccccc2)cc1.c1ccc(Pc2ccccc2)cc1. The number of rotatable bonds is 4. The molecule has 0 amide bonds. The first-order valence-electron chi connectivity index (χ1n) is 14.2. The molecule has 1 heterocycles. The zero-order valence-electron chi connectivity index (χ0n) is 24.1. The summed E-state index contributed by atoms with van der Waals surface area (Å²) in [6.45, 7) is 4.32. The van der Waals surface area contributed by atoms with Crippen molar-refractivity contribution in [3.63, 3.8) is 0 Å². The fraction of sp³-hybridized carbons (Fsp3) is 0.0769. The molecule has 0 aliphatic carbocycles. The minimum Gasteiger partial charge on any atom is -0.457 e. The summed E-state index contributed by atoms with van der Waals surface area (Å²) in [5.41, 5.74) is 5.30. The van der Waals surface area contributed by atoms with Crippen LogP contribution in [0.25, 0.3) is 0 Å². The molecule has 0 fully saturated rings. The molecule has 1 aliphatic rings. The second-order valence-electron chi connectivity index (χ2n) is 10.1. The van der Waals surface area contributed by atoms with E-state index in [1.807, 2.05) is 12.1 Å². The first-order chi connectivity index (χ1) is 20.7. The van der Waals surface area contributed by atoms with Gasteiger partial charge in [-0.05, 0) is 63.9 Å². The summed E-state index contributed by atoms with van der Waals surface area (Å²) in [6.07, 6.45) is 0.985. The third kappa shape index (κ3) is 8.50. The maximum Gasteiger partial charge on any atom is 0.131 e. The number of hydrogen-bond donors (Lipinski definition) is 0. The summed E-state index contributed by atoms with van der Waals surface area (Å²) in [5.74, 6) is 2.01. The minimum absolute atomic E-state index is 0.777. The van der Waals surface area contributed by atoms with Crippen LogP contribution < -0.4 is 26.0 Å². The van der Waals surface area contributed by atoms with Crippen molar-refractivity contribution >= 4 is 38.4 Å². The van der Waals surface area contributed by atoms with Gasteiger partial charge in [-0.2, -0.15) is 0 Å². The molecular formula is C39H36OP2. The van der Waals surface area contributed by atoms with E-state index in [0.717, 1.165) is 35.1 Å². The Morgan fingerprint density at radius 1 is 0.429 bits per heavy atom. The number of fused-ring (bicyclic) bond motifs is 2. The molecule has 0 spiro atoms. The highest BCUT2D eigenvalue weighted by molar-refractivity contribution is 7.55. The average Bonchev–Trinajstić information content (AvgIpc) is 3.05. The summed E-state index contributed by atoms with van der Waals surface area (Å²) in [5, 5.41) is 5.59. The Bertz CT molecular complexity index is 1520. The van der Waals surface area contributed by atoms with Crippen molar-refractivity contribution in [3.8, 4) is 11.5 Å². The van der Waals surface area contributed by atoms with Crippen molar-refractivity contribution in [2.45, 2.75) is 20.3 Å². The molecule has 6 aromatic carbocycles. The highest BCUT2D eigenvalue weighted by Crippen LogP contribution is 2.38. The fourth-order valence-electron chi connectivity index (χ4n) is 4.64. The van der Waals surface area contributed by atoms with Crippen molar-refractivity contribution in [1.82, 2.24) is 0 Å². The standard InChI is InChI=1S/C15H14O.2C12H11P/c1-10-7-8-15-13(11(10)2)9-12-5-3-4-6-14(12)16-15;2*1-3-7-11(8-4-1)13-12-9-5-2-6-10-12/h3-8H,9H2,1-2H3;2*1-10,13H. The lowest BCUT2D eigenvalue weighted by atomic mass is 9.94. The topological polar surface area (TPSA) is 9.23 Å². The molecule has 0 saturated heterocycles. The third-order valence-electron chi connectivity index (χ3n) is 7.06. The predicted octanol–water partition coefficient (Wildman–Crippen LogP) is 8.63. The summed E-state index contributed by atoms with van der Waals surface area (Å²) in [6, 6.07) is 54.8. The van der Waals surface area contributed by atoms with Crippen molar-refractivity contribution in [3.05, 3.63) is 180 Å². The number of hydrogen-bond acceptors (Lipinski definition) is 1. The zero-order chi connectivity index (χ0) is 29.0. The second-order valence-corrected chi connectivity index (χ2v) is 12.9. The summed E-state index contributed by atoms with van der Waals surface area (Å²) in [4.78, 5) is 0. The first kappa shape index (κ1) is 29.5. The van der Waals surface area contributed by atoms with Gasteiger partial charge in [-0.1, -0.05) is 163 Å². The van der Waals surface area contributed by atoms with Gasteiger partial charge in [0, 0.05) is 12.0 Å². The first-order valence-corrected chi connectivity index (χ1v) is 16.2. The molecule has 0 saturated carbocycles. The predicted molar refractivity (Wildman–Crippen MR) is 186 cm³/mol. The molecule has 7 rings (SSSR count). The van der Waals surface area contributed by atoms with Crippen molar-refractivity contribution in [1.29, 1.82) is 0 Å². The molecule has 0 radical (unpaired) electrons. The van der Waals surface area contributed by atoms with Crippen molar-refractivity contribution in [2.75, 3.05) is 0 Å². The fourth-order valence-corrected chi connectivity index (χ4v) is 6.75. The van der Waals surface area contributed by atoms with Crippen LogP contribution in [-0.2, 0) is 6.42 Å². The largest absolute Gasteiger partial charge is 0.457 e. The van der Waals surface area contributed by atoms with E-state index in [2.05, 4.69) is 159 Å². The average molecular weight is 583 g/mol. The Balaban J connectivity index is 0.000000127. The maximum absolute atomic E-state index is 5.91. The van der Waals surface area contributed by atoms with Gasteiger partial charge >= 0.3 is 0 Å². The van der Waals surface area contributed by atoms with E-state index < -0.39 is 0 Å². The Labute approximate surface area is 254 Å². The van der Waals surface area contributed by atoms with Crippen LogP contribution in [0.5, 0.6) is 11.5 Å². The quantitative estimate of drug-likeness (QED) is 0.189. The van der Waals surface area contributed by atoms with E-state index in [4.69, 9.17) is 4.74 Å². The van der Waals surface area contributed by atoms with Crippen LogP contribution in [0.3, 0.4) is 0 Å². The Morgan fingerprint density at radius 3 is 1.29 bits per heavy atom. The van der Waals surface area contributed by atoms with Gasteiger partial charge in [-0.25, -0.2) is 0 Å². The van der Waals surface area contributed by atoms with E-state index in [9.17, 15) is 0 Å². The van der Waals surface area contributed by atoms with Gasteiger partial charge < -0.3 is 4.74 Å². The maximum atomic E-state index is 5.91. The van der Waals surface area contributed by atoms with Gasteiger partial charge in [0.25, 0.3) is 0 Å². The van der Waals surface area contributed by atoms with Crippen LogP contribution in [0.1, 0.15) is 22.3 Å². The molecule has 42 heavy (non-hydrogen) atoms. The van der Waals surface area contributed by atoms with Crippen LogP contribution in [-0.4, -0.2) is 0 Å². The second kappa shape index (κ2) is 15.3. The molecule has 3 heteroatoms. The molecule has 6 aromatic rings. The number of para-hydroxylation sites is 1. The van der Waals surface area contributed by atoms with Crippen molar-refractivity contribution in [2.24, 2.45) is 0 Å². The van der Waals surface area contributed by atoms with Gasteiger partial charge in [0.1, 0.15) is 11.5 Å². The number of aryl methyl sites for hydroxylation is 1. The van der Waals surface area contributed by atoms with E-state index >= 15 is 0 Å². The Morgan fingerprint density at radius 2 is 0.833 bits per heavy atom. The van der Waals surface area contributed by atoms with E-state index in [0.29, 0.717) is 0 Å². The highest BCUT2D eigenvalue weighted by Gasteiger charge is 2.18. The van der Waals surface area contributed by atoms with Crippen LogP contribution >= 0.6 is 17.2 Å². The summed E-state index contributed by atoms with van der Waals surface area (Å²) in [7, 11) is 1.55. The van der Waals surface area contributed by atoms with E-state index in [1.165, 1.54) is 43.5 Å². The lowest BCUT2D eigenvalue weighted by Gasteiger charge is -2.22. The number of ether oxygens (including phenoxy) is 1. The van der Waals surface area contributed by atoms with Crippen LogP contribution in [0.15, 0.2) is 158 Å². The molecule has 0 bridgehead atoms. The molecule has 1 nitrogen and oxygen atoms in total. The van der Waals surface area contributed by atoms with Gasteiger partial charge in [0.05, 0.1) is 0 Å². The normalized spacial score (nSPS) is 10.9.